The molecule has 1 heterocycles. The van der Waals surface area contributed by atoms with Crippen LogP contribution in [0.3, 0.4) is 0 Å². The van der Waals surface area contributed by atoms with E-state index in [1.807, 2.05) is 38.2 Å². The summed E-state index contributed by atoms with van der Waals surface area (Å²) in [5.41, 5.74) is 1.62. The molecule has 0 unspecified atom stereocenters. The molecule has 0 fully saturated rings. The molecule has 15 heavy (non-hydrogen) atoms. The van der Waals surface area contributed by atoms with Crippen LogP contribution in [0.1, 0.15) is 24.2 Å². The molecule has 0 saturated carbocycles. The van der Waals surface area contributed by atoms with Crippen molar-refractivity contribution in [3.8, 4) is 0 Å². The average Bonchev–Trinajstić information content (AvgIpc) is 2.62. The fourth-order valence-electron chi connectivity index (χ4n) is 1.46. The summed E-state index contributed by atoms with van der Waals surface area (Å²) in [5, 5.41) is 1.02. The van der Waals surface area contributed by atoms with E-state index in [1.54, 1.807) is 6.07 Å². The Morgan fingerprint density at radius 2 is 2.13 bits per heavy atom. The summed E-state index contributed by atoms with van der Waals surface area (Å²) in [6.07, 6.45) is 1.77. The fraction of sp³-hybridized carbons (Fsp3) is 0.250. The summed E-state index contributed by atoms with van der Waals surface area (Å²) < 4.78 is 5.11. The third kappa shape index (κ3) is 2.01. The maximum Gasteiger partial charge on any atom is 0.338 e. The molecule has 0 saturated heterocycles. The molecule has 1 aromatic carbocycles. The first-order chi connectivity index (χ1) is 7.16. The second kappa shape index (κ2) is 3.77. The van der Waals surface area contributed by atoms with E-state index in [1.165, 1.54) is 0 Å². The predicted octanol–water partition coefficient (Wildman–Crippen LogP) is 2.73. The van der Waals surface area contributed by atoms with Crippen molar-refractivity contribution in [1.82, 2.24) is 4.98 Å². The summed E-state index contributed by atoms with van der Waals surface area (Å²) in [6.45, 7) is 3.68. The highest BCUT2D eigenvalue weighted by molar-refractivity contribution is 5.94. The Bertz CT molecular complexity index is 485. The van der Waals surface area contributed by atoms with Gasteiger partial charge in [-0.25, -0.2) is 4.79 Å². The molecule has 2 aromatic rings. The van der Waals surface area contributed by atoms with Crippen LogP contribution < -0.4 is 0 Å². The molecule has 0 aliphatic carbocycles. The lowest BCUT2D eigenvalue weighted by Gasteiger charge is -2.07. The van der Waals surface area contributed by atoms with Gasteiger partial charge in [0.2, 0.25) is 0 Å². The van der Waals surface area contributed by atoms with Gasteiger partial charge in [0.15, 0.2) is 0 Å². The van der Waals surface area contributed by atoms with E-state index in [-0.39, 0.29) is 12.1 Å². The van der Waals surface area contributed by atoms with Crippen LogP contribution in [0.5, 0.6) is 0 Å². The molecule has 1 aromatic heterocycles. The minimum atomic E-state index is -0.270. The summed E-state index contributed by atoms with van der Waals surface area (Å²) in [7, 11) is 0. The van der Waals surface area contributed by atoms with Gasteiger partial charge in [0, 0.05) is 17.1 Å². The Kier molecular flexibility index (Phi) is 2.46. The summed E-state index contributed by atoms with van der Waals surface area (Å²) >= 11 is 0. The zero-order valence-electron chi connectivity index (χ0n) is 8.78. The average molecular weight is 203 g/mol. The van der Waals surface area contributed by atoms with Crippen LogP contribution in [0.2, 0.25) is 0 Å². The highest BCUT2D eigenvalue weighted by atomic mass is 16.5. The molecule has 3 nitrogen and oxygen atoms in total. The number of H-pyrrole nitrogens is 1. The number of carbonyl (C=O) groups excluding carboxylic acids is 1. The lowest BCUT2D eigenvalue weighted by atomic mass is 10.1. The van der Waals surface area contributed by atoms with Crippen LogP contribution in [-0.2, 0) is 4.74 Å². The fourth-order valence-corrected chi connectivity index (χ4v) is 1.46. The van der Waals surface area contributed by atoms with E-state index in [0.29, 0.717) is 5.56 Å². The van der Waals surface area contributed by atoms with Crippen LogP contribution in [-0.4, -0.2) is 17.1 Å². The van der Waals surface area contributed by atoms with Crippen molar-refractivity contribution >= 4 is 16.9 Å². The van der Waals surface area contributed by atoms with Crippen molar-refractivity contribution < 1.29 is 9.53 Å². The van der Waals surface area contributed by atoms with Crippen molar-refractivity contribution in [2.24, 2.45) is 0 Å². The molecule has 0 aliphatic rings. The molecule has 2 rings (SSSR count). The summed E-state index contributed by atoms with van der Waals surface area (Å²) in [6, 6.07) is 7.41. The van der Waals surface area contributed by atoms with Crippen LogP contribution in [0.15, 0.2) is 30.5 Å². The number of aromatic nitrogens is 1. The van der Waals surface area contributed by atoms with Crippen molar-refractivity contribution in [1.29, 1.82) is 0 Å². The van der Waals surface area contributed by atoms with E-state index in [4.69, 9.17) is 4.74 Å². The van der Waals surface area contributed by atoms with Crippen LogP contribution in [0.25, 0.3) is 10.9 Å². The van der Waals surface area contributed by atoms with Gasteiger partial charge >= 0.3 is 5.97 Å². The van der Waals surface area contributed by atoms with Gasteiger partial charge in [-0.2, -0.15) is 0 Å². The lowest BCUT2D eigenvalue weighted by Crippen LogP contribution is -2.11. The minimum Gasteiger partial charge on any atom is -0.459 e. The number of hydrogen-bond acceptors (Lipinski definition) is 2. The van der Waals surface area contributed by atoms with E-state index in [0.717, 1.165) is 10.9 Å². The van der Waals surface area contributed by atoms with Gasteiger partial charge in [-0.05, 0) is 38.1 Å². The van der Waals surface area contributed by atoms with Crippen LogP contribution in [0.4, 0.5) is 0 Å². The van der Waals surface area contributed by atoms with E-state index < -0.39 is 0 Å². The Morgan fingerprint density at radius 1 is 1.33 bits per heavy atom. The zero-order chi connectivity index (χ0) is 10.8. The molecule has 0 aliphatic heterocycles. The Morgan fingerprint density at radius 3 is 2.87 bits per heavy atom. The van der Waals surface area contributed by atoms with E-state index in [9.17, 15) is 4.79 Å². The maximum absolute atomic E-state index is 11.6. The van der Waals surface area contributed by atoms with Gasteiger partial charge < -0.3 is 9.72 Å². The topological polar surface area (TPSA) is 42.1 Å². The largest absolute Gasteiger partial charge is 0.459 e. The standard InChI is InChI=1S/C12H13NO2/c1-8(2)15-12(14)10-3-4-11-9(7-10)5-6-13-11/h3-8,13H,1-2H3. The Balaban J connectivity index is 2.31. The van der Waals surface area contributed by atoms with Gasteiger partial charge in [-0.15, -0.1) is 0 Å². The second-order valence-corrected chi connectivity index (χ2v) is 3.73. The monoisotopic (exact) mass is 203 g/mol. The highest BCUT2D eigenvalue weighted by Crippen LogP contribution is 2.15. The zero-order valence-corrected chi connectivity index (χ0v) is 8.78. The maximum atomic E-state index is 11.6. The number of aromatic amines is 1. The number of nitrogens with one attached hydrogen (secondary N) is 1. The van der Waals surface area contributed by atoms with E-state index >= 15 is 0 Å². The molecule has 0 spiro atoms. The molecule has 78 valence electrons. The Hall–Kier alpha value is -1.77. The number of esters is 1. The number of fused-ring (bicyclic) bond motifs is 1. The quantitative estimate of drug-likeness (QED) is 0.762. The van der Waals surface area contributed by atoms with Crippen molar-refractivity contribution in [3.63, 3.8) is 0 Å². The minimum absolute atomic E-state index is 0.0839. The SMILES string of the molecule is CC(C)OC(=O)c1ccc2[nH]ccc2c1. The van der Waals surface area contributed by atoms with Gasteiger partial charge in [-0.1, -0.05) is 0 Å². The van der Waals surface area contributed by atoms with Gasteiger partial charge in [0.1, 0.15) is 0 Å². The first-order valence-corrected chi connectivity index (χ1v) is 4.95. The van der Waals surface area contributed by atoms with Crippen molar-refractivity contribution in [2.75, 3.05) is 0 Å². The lowest BCUT2D eigenvalue weighted by molar-refractivity contribution is 0.0378. The summed E-state index contributed by atoms with van der Waals surface area (Å²) in [4.78, 5) is 14.7. The molecule has 0 radical (unpaired) electrons. The molecular weight excluding hydrogens is 190 g/mol. The smallest absolute Gasteiger partial charge is 0.338 e. The number of ether oxygens (including phenoxy) is 1. The van der Waals surface area contributed by atoms with Gasteiger partial charge in [0.05, 0.1) is 11.7 Å². The van der Waals surface area contributed by atoms with Gasteiger partial charge in [0.25, 0.3) is 0 Å². The van der Waals surface area contributed by atoms with Crippen LogP contribution in [0, 0.1) is 0 Å². The van der Waals surface area contributed by atoms with E-state index in [2.05, 4.69) is 4.98 Å². The first-order valence-electron chi connectivity index (χ1n) is 4.95. The number of carbonyl (C=O) groups is 1. The first kappa shape index (κ1) is 9.77. The summed E-state index contributed by atoms with van der Waals surface area (Å²) in [5.74, 6) is -0.270. The predicted molar refractivity (Wildman–Crippen MR) is 58.9 cm³/mol. The molecule has 0 atom stereocenters. The molecular formula is C12H13NO2. The normalized spacial score (nSPS) is 10.9. The molecule has 3 heteroatoms. The van der Waals surface area contributed by atoms with Crippen molar-refractivity contribution in [2.45, 2.75) is 20.0 Å². The number of rotatable bonds is 2. The van der Waals surface area contributed by atoms with Gasteiger partial charge in [-0.3, -0.25) is 0 Å². The van der Waals surface area contributed by atoms with Crippen molar-refractivity contribution in [3.05, 3.63) is 36.0 Å². The molecule has 1 N–H and O–H groups in total. The van der Waals surface area contributed by atoms with Crippen LogP contribution >= 0.6 is 0 Å². The second-order valence-electron chi connectivity index (χ2n) is 3.73. The molecule has 0 bridgehead atoms. The highest BCUT2D eigenvalue weighted by Gasteiger charge is 2.09. The third-order valence-corrected chi connectivity index (χ3v) is 2.13. The third-order valence-electron chi connectivity index (χ3n) is 2.13. The number of benzene rings is 1. The number of hydrogen-bond donors (Lipinski definition) is 1. The Labute approximate surface area is 88.1 Å². The molecule has 0 amide bonds.